The maximum Gasteiger partial charge on any atom is 0.246 e. The van der Waals surface area contributed by atoms with Gasteiger partial charge < -0.3 is 25.8 Å². The molecule has 108 valence electrons. The monoisotopic (exact) mass is 279 g/mol. The number of carbonyl (C=O) groups is 2. The molecule has 0 saturated carbocycles. The van der Waals surface area contributed by atoms with Gasteiger partial charge in [-0.05, 0) is 12.1 Å². The average Bonchev–Trinajstić information content (AvgIpc) is 2.69. The van der Waals surface area contributed by atoms with Gasteiger partial charge in [-0.3, -0.25) is 9.59 Å². The summed E-state index contributed by atoms with van der Waals surface area (Å²) in [6.07, 6.45) is 0. The topological polar surface area (TPSA) is 103 Å². The molecule has 0 spiro atoms. The highest BCUT2D eigenvalue weighted by Gasteiger charge is 2.31. The Hall–Kier alpha value is -2.28. The molecule has 0 aromatic heterocycles. The van der Waals surface area contributed by atoms with Crippen LogP contribution < -0.4 is 25.8 Å². The number of carbonyl (C=O) groups excluding carboxylic acids is 2. The fourth-order valence-corrected chi connectivity index (χ4v) is 1.76. The molecule has 0 fully saturated rings. The minimum absolute atomic E-state index is 0.129. The molecule has 1 aliphatic heterocycles. The van der Waals surface area contributed by atoms with Gasteiger partial charge in [0.05, 0.1) is 13.1 Å². The van der Waals surface area contributed by atoms with Crippen molar-refractivity contribution < 1.29 is 19.1 Å². The number of amides is 2. The Kier molecular flexibility index (Phi) is 3.80. The van der Waals surface area contributed by atoms with Gasteiger partial charge in [-0.2, -0.15) is 0 Å². The van der Waals surface area contributed by atoms with Crippen LogP contribution in [0.3, 0.4) is 0 Å². The molecular weight excluding hydrogens is 262 g/mol. The molecule has 0 bridgehead atoms. The summed E-state index contributed by atoms with van der Waals surface area (Å²) < 4.78 is 11.1. The van der Waals surface area contributed by atoms with Crippen molar-refractivity contribution >= 4 is 17.5 Å². The zero-order valence-electron chi connectivity index (χ0n) is 11.4. The second-order valence-electron chi connectivity index (χ2n) is 4.79. The minimum Gasteiger partial charge on any atom is -0.449 e. The molecule has 1 heterocycles. The molecule has 1 aromatic rings. The summed E-state index contributed by atoms with van der Waals surface area (Å²) in [7, 11) is 0. The van der Waals surface area contributed by atoms with E-state index in [9.17, 15) is 9.59 Å². The van der Waals surface area contributed by atoms with Crippen LogP contribution in [0.1, 0.15) is 13.8 Å². The number of rotatable bonds is 4. The third-order valence-corrected chi connectivity index (χ3v) is 2.57. The maximum atomic E-state index is 11.6. The Morgan fingerprint density at radius 3 is 2.60 bits per heavy atom. The molecule has 7 nitrogen and oxygen atoms in total. The molecule has 4 N–H and O–H groups in total. The average molecular weight is 279 g/mol. The summed E-state index contributed by atoms with van der Waals surface area (Å²) in [6.45, 7) is 3.32. The highest BCUT2D eigenvalue weighted by molar-refractivity contribution is 5.95. The van der Waals surface area contributed by atoms with Crippen LogP contribution in [0, 0.1) is 0 Å². The highest BCUT2D eigenvalue weighted by Crippen LogP contribution is 2.40. The molecule has 7 heteroatoms. The SMILES string of the molecule is CC1(C)Oc2ccc(NC(=O)CNC(=O)CN)cc2O1. The Bertz CT molecular complexity index is 542. The number of ether oxygens (including phenoxy) is 2. The van der Waals surface area contributed by atoms with E-state index >= 15 is 0 Å². The van der Waals surface area contributed by atoms with E-state index in [2.05, 4.69) is 10.6 Å². The van der Waals surface area contributed by atoms with E-state index < -0.39 is 5.79 Å². The second kappa shape index (κ2) is 5.38. The molecule has 0 unspecified atom stereocenters. The molecule has 1 aliphatic rings. The van der Waals surface area contributed by atoms with Crippen molar-refractivity contribution in [2.75, 3.05) is 18.4 Å². The van der Waals surface area contributed by atoms with Gasteiger partial charge in [0.25, 0.3) is 0 Å². The Labute approximate surface area is 116 Å². The van der Waals surface area contributed by atoms with E-state index in [0.717, 1.165) is 0 Å². The first-order valence-electron chi connectivity index (χ1n) is 6.18. The number of benzene rings is 1. The largest absolute Gasteiger partial charge is 0.449 e. The van der Waals surface area contributed by atoms with Gasteiger partial charge in [0, 0.05) is 25.6 Å². The smallest absolute Gasteiger partial charge is 0.246 e. The lowest BCUT2D eigenvalue weighted by molar-refractivity contribution is -0.123. The number of hydrogen-bond donors (Lipinski definition) is 3. The van der Waals surface area contributed by atoms with Crippen molar-refractivity contribution in [3.63, 3.8) is 0 Å². The number of nitrogens with two attached hydrogens (primary N) is 1. The van der Waals surface area contributed by atoms with E-state index in [1.54, 1.807) is 32.0 Å². The van der Waals surface area contributed by atoms with Crippen LogP contribution in [0.2, 0.25) is 0 Å². The van der Waals surface area contributed by atoms with Crippen LogP contribution in [0.4, 0.5) is 5.69 Å². The Balaban J connectivity index is 1.95. The van der Waals surface area contributed by atoms with Crippen molar-refractivity contribution in [1.82, 2.24) is 5.32 Å². The standard InChI is InChI=1S/C13H17N3O4/c1-13(2)19-9-4-3-8(5-10(9)20-13)16-12(18)7-15-11(17)6-14/h3-5H,6-7,14H2,1-2H3,(H,15,17)(H,16,18). The fourth-order valence-electron chi connectivity index (χ4n) is 1.76. The van der Waals surface area contributed by atoms with Crippen molar-refractivity contribution in [1.29, 1.82) is 0 Å². The van der Waals surface area contributed by atoms with Crippen LogP contribution in [-0.2, 0) is 9.59 Å². The van der Waals surface area contributed by atoms with Crippen LogP contribution in [0.15, 0.2) is 18.2 Å². The van der Waals surface area contributed by atoms with Gasteiger partial charge in [-0.15, -0.1) is 0 Å². The van der Waals surface area contributed by atoms with E-state index in [4.69, 9.17) is 15.2 Å². The van der Waals surface area contributed by atoms with Crippen LogP contribution in [-0.4, -0.2) is 30.7 Å². The summed E-state index contributed by atoms with van der Waals surface area (Å²) in [5.74, 6) is -0.235. The molecule has 0 aliphatic carbocycles. The van der Waals surface area contributed by atoms with Crippen LogP contribution >= 0.6 is 0 Å². The molecular formula is C13H17N3O4. The third kappa shape index (κ3) is 3.39. The molecule has 0 radical (unpaired) electrons. The lowest BCUT2D eigenvalue weighted by Crippen LogP contribution is -2.36. The van der Waals surface area contributed by atoms with Gasteiger partial charge in [0.15, 0.2) is 11.5 Å². The quantitative estimate of drug-likeness (QED) is 0.731. The van der Waals surface area contributed by atoms with Gasteiger partial charge in [0.2, 0.25) is 17.6 Å². The zero-order chi connectivity index (χ0) is 14.8. The first-order valence-corrected chi connectivity index (χ1v) is 6.18. The van der Waals surface area contributed by atoms with Crippen molar-refractivity contribution in [2.45, 2.75) is 19.6 Å². The Morgan fingerprint density at radius 1 is 1.20 bits per heavy atom. The molecule has 0 saturated heterocycles. The Morgan fingerprint density at radius 2 is 1.90 bits per heavy atom. The first kappa shape index (κ1) is 14.1. The predicted octanol–water partition coefficient (Wildman–Crippen LogP) is 0.207. The summed E-state index contributed by atoms with van der Waals surface area (Å²) >= 11 is 0. The summed E-state index contributed by atoms with van der Waals surface area (Å²) in [4.78, 5) is 22.6. The normalized spacial score (nSPS) is 14.8. The predicted molar refractivity (Wildman–Crippen MR) is 72.5 cm³/mol. The van der Waals surface area contributed by atoms with E-state index in [1.807, 2.05) is 0 Å². The summed E-state index contributed by atoms with van der Waals surface area (Å²) in [5.41, 5.74) is 5.69. The number of anilines is 1. The number of fused-ring (bicyclic) bond motifs is 1. The molecule has 20 heavy (non-hydrogen) atoms. The van der Waals surface area contributed by atoms with Crippen LogP contribution in [0.25, 0.3) is 0 Å². The van der Waals surface area contributed by atoms with Crippen molar-refractivity contribution in [3.05, 3.63) is 18.2 Å². The lowest BCUT2D eigenvalue weighted by Gasteiger charge is -2.16. The fraction of sp³-hybridized carbons (Fsp3) is 0.385. The van der Waals surface area contributed by atoms with Crippen molar-refractivity contribution in [2.24, 2.45) is 5.73 Å². The second-order valence-corrected chi connectivity index (χ2v) is 4.79. The van der Waals surface area contributed by atoms with E-state index in [0.29, 0.717) is 17.2 Å². The van der Waals surface area contributed by atoms with Crippen molar-refractivity contribution in [3.8, 4) is 11.5 Å². The van der Waals surface area contributed by atoms with E-state index in [1.165, 1.54) is 0 Å². The molecule has 2 rings (SSSR count). The minimum atomic E-state index is -0.708. The van der Waals surface area contributed by atoms with Gasteiger partial charge in [0.1, 0.15) is 0 Å². The van der Waals surface area contributed by atoms with E-state index in [-0.39, 0.29) is 24.9 Å². The summed E-state index contributed by atoms with van der Waals surface area (Å²) in [5, 5.41) is 5.03. The number of hydrogen-bond acceptors (Lipinski definition) is 5. The van der Waals surface area contributed by atoms with Gasteiger partial charge >= 0.3 is 0 Å². The molecule has 1 aromatic carbocycles. The third-order valence-electron chi connectivity index (χ3n) is 2.57. The molecule has 0 atom stereocenters. The zero-order valence-corrected chi connectivity index (χ0v) is 11.4. The lowest BCUT2D eigenvalue weighted by atomic mass is 10.3. The maximum absolute atomic E-state index is 11.6. The number of nitrogens with one attached hydrogen (secondary N) is 2. The highest BCUT2D eigenvalue weighted by atomic mass is 16.7. The first-order chi connectivity index (χ1) is 9.39. The van der Waals surface area contributed by atoms with Crippen LogP contribution in [0.5, 0.6) is 11.5 Å². The molecule has 2 amide bonds. The summed E-state index contributed by atoms with van der Waals surface area (Å²) in [6, 6.07) is 5.09. The van der Waals surface area contributed by atoms with Gasteiger partial charge in [-0.1, -0.05) is 0 Å². The van der Waals surface area contributed by atoms with Gasteiger partial charge in [-0.25, -0.2) is 0 Å².